The molecule has 9 heteroatoms. The first-order valence-electron chi connectivity index (χ1n) is 12.3. The van der Waals surface area contributed by atoms with Crippen LogP contribution >= 0.6 is 0 Å². The Morgan fingerprint density at radius 2 is 1.65 bits per heavy atom. The average Bonchev–Trinajstić information content (AvgIpc) is 3.18. The molecule has 0 saturated carbocycles. The number of nitrogens with zero attached hydrogens (tertiary/aromatic N) is 2. The minimum absolute atomic E-state index is 0.213. The second-order valence-corrected chi connectivity index (χ2v) is 8.88. The van der Waals surface area contributed by atoms with Gasteiger partial charge >= 0.3 is 12.1 Å². The van der Waals surface area contributed by atoms with Gasteiger partial charge in [-0.15, -0.1) is 0 Å². The number of unbranched alkanes of at least 4 members (excludes halogenated alkanes) is 6. The molecule has 0 aromatic heterocycles. The summed E-state index contributed by atoms with van der Waals surface area (Å²) < 4.78 is 21.0. The Morgan fingerprint density at radius 3 is 2.29 bits per heavy atom. The number of ether oxygens (including phenoxy) is 4. The topological polar surface area (TPSA) is 89.6 Å². The van der Waals surface area contributed by atoms with Crippen LogP contribution in [-0.4, -0.2) is 76.0 Å². The summed E-state index contributed by atoms with van der Waals surface area (Å²) in [6, 6.07) is 3.62. The van der Waals surface area contributed by atoms with Gasteiger partial charge in [-0.25, -0.2) is 14.6 Å². The van der Waals surface area contributed by atoms with Crippen LogP contribution in [0.4, 0.5) is 4.79 Å². The molecule has 1 fully saturated rings. The van der Waals surface area contributed by atoms with Gasteiger partial charge < -0.3 is 23.8 Å². The Labute approximate surface area is 202 Å². The number of amides is 1. The van der Waals surface area contributed by atoms with E-state index in [-0.39, 0.29) is 12.1 Å². The Hall–Kier alpha value is -2.52. The Bertz CT molecular complexity index is 810. The normalized spacial score (nSPS) is 18.3. The third kappa shape index (κ3) is 7.24. The van der Waals surface area contributed by atoms with Gasteiger partial charge in [-0.3, -0.25) is 5.43 Å². The van der Waals surface area contributed by atoms with Crippen molar-refractivity contribution in [2.24, 2.45) is 0 Å². The molecule has 1 N–H and O–H groups in total. The van der Waals surface area contributed by atoms with E-state index in [0.29, 0.717) is 17.1 Å². The highest BCUT2D eigenvalue weighted by atomic mass is 16.6. The fourth-order valence-corrected chi connectivity index (χ4v) is 4.64. The number of piperazine rings is 1. The van der Waals surface area contributed by atoms with E-state index in [4.69, 9.17) is 14.2 Å². The van der Waals surface area contributed by atoms with Crippen LogP contribution in [0.3, 0.4) is 0 Å². The summed E-state index contributed by atoms with van der Waals surface area (Å²) in [6.07, 6.45) is 8.52. The quantitative estimate of drug-likeness (QED) is 0.338. The van der Waals surface area contributed by atoms with Crippen LogP contribution in [0, 0.1) is 0 Å². The third-order valence-corrected chi connectivity index (χ3v) is 6.61. The van der Waals surface area contributed by atoms with Crippen molar-refractivity contribution in [3.05, 3.63) is 23.3 Å². The summed E-state index contributed by atoms with van der Waals surface area (Å²) in [5, 5.41) is 1.92. The SMILES string of the molecule is COC(=O)NN1CCN(CCCCCCCCC[C@H]2OC(=O)c3c(OC)cc(OC)cc32)CC1. The number of esters is 1. The Balaban J connectivity index is 1.24. The van der Waals surface area contributed by atoms with Crippen LogP contribution in [0.25, 0.3) is 0 Å². The number of hydrogen-bond acceptors (Lipinski definition) is 8. The lowest BCUT2D eigenvalue weighted by Gasteiger charge is -2.34. The van der Waals surface area contributed by atoms with Crippen molar-refractivity contribution in [3.63, 3.8) is 0 Å². The van der Waals surface area contributed by atoms with Crippen molar-refractivity contribution in [1.82, 2.24) is 15.3 Å². The number of fused-ring (bicyclic) bond motifs is 1. The smallest absolute Gasteiger partial charge is 0.421 e. The zero-order valence-electron chi connectivity index (χ0n) is 20.8. The molecule has 190 valence electrons. The highest BCUT2D eigenvalue weighted by Gasteiger charge is 2.34. The maximum atomic E-state index is 12.3. The molecule has 3 rings (SSSR count). The molecular weight excluding hydrogens is 438 g/mol. The lowest BCUT2D eigenvalue weighted by Crippen LogP contribution is -2.53. The molecule has 1 atom stereocenters. The molecule has 0 bridgehead atoms. The first-order valence-corrected chi connectivity index (χ1v) is 12.3. The fraction of sp³-hybridized carbons (Fsp3) is 0.680. The highest BCUT2D eigenvalue weighted by molar-refractivity contribution is 5.97. The third-order valence-electron chi connectivity index (χ3n) is 6.61. The van der Waals surface area contributed by atoms with E-state index in [1.807, 2.05) is 11.1 Å². The van der Waals surface area contributed by atoms with Crippen molar-refractivity contribution in [2.75, 3.05) is 54.1 Å². The van der Waals surface area contributed by atoms with E-state index in [0.717, 1.165) is 57.5 Å². The van der Waals surface area contributed by atoms with E-state index in [1.54, 1.807) is 20.3 Å². The Morgan fingerprint density at radius 1 is 0.971 bits per heavy atom. The molecular formula is C25H39N3O6. The zero-order valence-corrected chi connectivity index (χ0v) is 20.8. The fourth-order valence-electron chi connectivity index (χ4n) is 4.64. The van der Waals surface area contributed by atoms with Gasteiger partial charge in [0.15, 0.2) is 0 Å². The summed E-state index contributed by atoms with van der Waals surface area (Å²) in [7, 11) is 4.55. The van der Waals surface area contributed by atoms with Gasteiger partial charge in [0.25, 0.3) is 0 Å². The number of hydrazine groups is 1. The van der Waals surface area contributed by atoms with Crippen LogP contribution in [0.1, 0.15) is 73.4 Å². The predicted molar refractivity (Wildman–Crippen MR) is 128 cm³/mol. The number of methoxy groups -OCH3 is 3. The van der Waals surface area contributed by atoms with Crippen LogP contribution in [0.5, 0.6) is 11.5 Å². The summed E-state index contributed by atoms with van der Waals surface area (Å²) in [5.74, 6) is 0.890. The van der Waals surface area contributed by atoms with E-state index in [9.17, 15) is 9.59 Å². The van der Waals surface area contributed by atoms with Crippen molar-refractivity contribution in [2.45, 2.75) is 57.5 Å². The molecule has 0 radical (unpaired) electrons. The van der Waals surface area contributed by atoms with Gasteiger partial charge in [-0.2, -0.15) is 0 Å². The molecule has 1 saturated heterocycles. The van der Waals surface area contributed by atoms with Crippen LogP contribution in [0.15, 0.2) is 12.1 Å². The number of rotatable bonds is 13. The van der Waals surface area contributed by atoms with Crippen molar-refractivity contribution in [3.8, 4) is 11.5 Å². The van der Waals surface area contributed by atoms with Gasteiger partial charge in [0.2, 0.25) is 0 Å². The summed E-state index contributed by atoms with van der Waals surface area (Å²) in [6.45, 7) is 4.71. The number of carbonyl (C=O) groups is 2. The van der Waals surface area contributed by atoms with Crippen LogP contribution in [0.2, 0.25) is 0 Å². The van der Waals surface area contributed by atoms with Crippen LogP contribution < -0.4 is 14.9 Å². The molecule has 1 aromatic carbocycles. The molecule has 34 heavy (non-hydrogen) atoms. The number of hydrogen-bond donors (Lipinski definition) is 1. The molecule has 0 aliphatic carbocycles. The molecule has 2 heterocycles. The molecule has 0 unspecified atom stereocenters. The van der Waals surface area contributed by atoms with Crippen molar-refractivity contribution >= 4 is 12.1 Å². The van der Waals surface area contributed by atoms with E-state index in [2.05, 4.69) is 15.1 Å². The summed E-state index contributed by atoms with van der Waals surface area (Å²) in [5.41, 5.74) is 4.15. The van der Waals surface area contributed by atoms with E-state index >= 15 is 0 Å². The molecule has 1 amide bonds. The number of benzene rings is 1. The summed E-state index contributed by atoms with van der Waals surface area (Å²) >= 11 is 0. The second-order valence-electron chi connectivity index (χ2n) is 8.88. The minimum Gasteiger partial charge on any atom is -0.497 e. The van der Waals surface area contributed by atoms with Gasteiger partial charge in [-0.05, 0) is 31.9 Å². The first-order chi connectivity index (χ1) is 16.5. The number of nitrogens with one attached hydrogen (secondary N) is 1. The average molecular weight is 478 g/mol. The molecule has 0 spiro atoms. The number of carbonyl (C=O) groups excluding carboxylic acids is 2. The second kappa shape index (κ2) is 13.4. The molecule has 2 aliphatic rings. The zero-order chi connectivity index (χ0) is 24.3. The number of cyclic esters (lactones) is 1. The summed E-state index contributed by atoms with van der Waals surface area (Å²) in [4.78, 5) is 26.0. The van der Waals surface area contributed by atoms with Gasteiger partial charge in [0.1, 0.15) is 23.2 Å². The monoisotopic (exact) mass is 477 g/mol. The lowest BCUT2D eigenvalue weighted by molar-refractivity contribution is 0.0361. The first kappa shape index (κ1) is 26.1. The largest absolute Gasteiger partial charge is 0.497 e. The molecule has 9 nitrogen and oxygen atoms in total. The lowest BCUT2D eigenvalue weighted by atomic mass is 9.99. The van der Waals surface area contributed by atoms with Crippen molar-refractivity contribution < 1.29 is 28.5 Å². The Kier molecular flexibility index (Phi) is 10.3. The maximum Gasteiger partial charge on any atom is 0.421 e. The van der Waals surface area contributed by atoms with E-state index in [1.165, 1.54) is 39.2 Å². The van der Waals surface area contributed by atoms with Gasteiger partial charge in [-0.1, -0.05) is 32.1 Å². The molecule has 2 aliphatic heterocycles. The minimum atomic E-state index is -0.400. The standard InChI is InChI=1S/C25H39N3O6/c1-31-19-17-20-21(34-24(29)23(20)22(18-19)32-2)11-9-7-5-4-6-8-10-12-27-13-15-28(16-14-27)26-25(30)33-3/h17-18,21H,4-16H2,1-3H3,(H,26,30)/t21-/m1/s1. The van der Waals surface area contributed by atoms with E-state index < -0.39 is 6.09 Å². The molecule has 1 aromatic rings. The maximum absolute atomic E-state index is 12.3. The predicted octanol–water partition coefficient (Wildman–Crippen LogP) is 3.92. The highest BCUT2D eigenvalue weighted by Crippen LogP contribution is 2.41. The van der Waals surface area contributed by atoms with Crippen molar-refractivity contribution in [1.29, 1.82) is 0 Å². The van der Waals surface area contributed by atoms with Gasteiger partial charge in [0.05, 0.1) is 21.3 Å². The van der Waals surface area contributed by atoms with Gasteiger partial charge in [0, 0.05) is 37.8 Å². The van der Waals surface area contributed by atoms with Crippen LogP contribution in [-0.2, 0) is 9.47 Å².